The molecule has 0 bridgehead atoms. The van der Waals surface area contributed by atoms with E-state index in [9.17, 15) is 4.39 Å². The SMILES string of the molecule is CCC(NC1CC(c2ccccc2F)C1)c1cccs1. The maximum absolute atomic E-state index is 13.7. The van der Waals surface area contributed by atoms with Crippen LogP contribution in [0.4, 0.5) is 4.39 Å². The van der Waals surface area contributed by atoms with E-state index in [1.165, 1.54) is 4.88 Å². The van der Waals surface area contributed by atoms with Crippen LogP contribution in [0.25, 0.3) is 0 Å². The summed E-state index contributed by atoms with van der Waals surface area (Å²) in [4.78, 5) is 1.40. The van der Waals surface area contributed by atoms with E-state index in [1.54, 1.807) is 12.1 Å². The third-order valence-electron chi connectivity index (χ3n) is 4.21. The second-order valence-corrected chi connectivity index (χ2v) is 6.51. The Kier molecular flexibility index (Phi) is 4.18. The molecule has 20 heavy (non-hydrogen) atoms. The minimum atomic E-state index is -0.0544. The van der Waals surface area contributed by atoms with Crippen LogP contribution in [-0.2, 0) is 0 Å². The number of thiophene rings is 1. The zero-order valence-electron chi connectivity index (χ0n) is 11.7. The van der Waals surface area contributed by atoms with Crippen LogP contribution in [0.2, 0.25) is 0 Å². The molecular formula is C17H20FNS. The molecule has 1 fully saturated rings. The summed E-state index contributed by atoms with van der Waals surface area (Å²) in [6.45, 7) is 2.21. The molecule has 1 aromatic heterocycles. The van der Waals surface area contributed by atoms with Gasteiger partial charge < -0.3 is 5.32 Å². The van der Waals surface area contributed by atoms with E-state index in [4.69, 9.17) is 0 Å². The maximum Gasteiger partial charge on any atom is 0.126 e. The molecular weight excluding hydrogens is 269 g/mol. The van der Waals surface area contributed by atoms with Crippen LogP contribution in [0.1, 0.15) is 48.6 Å². The molecule has 1 heterocycles. The molecule has 2 aromatic rings. The number of rotatable bonds is 5. The lowest BCUT2D eigenvalue weighted by atomic mass is 9.75. The van der Waals surface area contributed by atoms with Crippen LogP contribution in [0.5, 0.6) is 0 Å². The molecule has 1 aliphatic rings. The lowest BCUT2D eigenvalue weighted by molar-refractivity contribution is 0.259. The fourth-order valence-electron chi connectivity index (χ4n) is 2.99. The van der Waals surface area contributed by atoms with Crippen molar-refractivity contribution in [2.24, 2.45) is 0 Å². The van der Waals surface area contributed by atoms with Crippen molar-refractivity contribution in [3.63, 3.8) is 0 Å². The molecule has 1 aliphatic carbocycles. The Bertz CT molecular complexity index is 546. The molecule has 0 amide bonds. The summed E-state index contributed by atoms with van der Waals surface area (Å²) < 4.78 is 13.7. The highest BCUT2D eigenvalue weighted by atomic mass is 32.1. The van der Waals surface area contributed by atoms with Gasteiger partial charge in [0.1, 0.15) is 5.82 Å². The largest absolute Gasteiger partial charge is 0.306 e. The third kappa shape index (κ3) is 2.79. The van der Waals surface area contributed by atoms with Gasteiger partial charge in [0.25, 0.3) is 0 Å². The van der Waals surface area contributed by atoms with Crippen molar-refractivity contribution in [3.8, 4) is 0 Å². The van der Waals surface area contributed by atoms with Crippen molar-refractivity contribution in [2.75, 3.05) is 0 Å². The quantitative estimate of drug-likeness (QED) is 0.827. The number of benzene rings is 1. The molecule has 1 N–H and O–H groups in total. The highest BCUT2D eigenvalue weighted by Gasteiger charge is 2.33. The summed E-state index contributed by atoms with van der Waals surface area (Å²) in [5.74, 6) is 0.329. The Hall–Kier alpha value is -1.19. The molecule has 3 rings (SSSR count). The number of halogens is 1. The second-order valence-electron chi connectivity index (χ2n) is 5.53. The molecule has 106 valence electrons. The summed E-state index contributed by atoms with van der Waals surface area (Å²) >= 11 is 1.81. The normalized spacial score (nSPS) is 23.3. The third-order valence-corrected chi connectivity index (χ3v) is 5.20. The number of hydrogen-bond acceptors (Lipinski definition) is 2. The van der Waals surface area contributed by atoms with Crippen molar-refractivity contribution < 1.29 is 4.39 Å². The molecule has 1 nitrogen and oxygen atoms in total. The zero-order valence-corrected chi connectivity index (χ0v) is 12.5. The second kappa shape index (κ2) is 6.06. The average Bonchev–Trinajstić information content (AvgIpc) is 2.93. The molecule has 1 aromatic carbocycles. The van der Waals surface area contributed by atoms with Crippen LogP contribution in [0, 0.1) is 5.82 Å². The van der Waals surface area contributed by atoms with Gasteiger partial charge in [0, 0.05) is 17.0 Å². The fraction of sp³-hybridized carbons (Fsp3) is 0.412. The van der Waals surface area contributed by atoms with E-state index < -0.39 is 0 Å². The lowest BCUT2D eigenvalue weighted by Crippen LogP contribution is -2.41. The number of nitrogens with one attached hydrogen (secondary N) is 1. The van der Waals surface area contributed by atoms with Gasteiger partial charge in [-0.15, -0.1) is 11.3 Å². The molecule has 0 aliphatic heterocycles. The Morgan fingerprint density at radius 3 is 2.70 bits per heavy atom. The minimum Gasteiger partial charge on any atom is -0.306 e. The van der Waals surface area contributed by atoms with E-state index in [2.05, 4.69) is 29.8 Å². The Morgan fingerprint density at radius 2 is 2.05 bits per heavy atom. The first-order valence-corrected chi connectivity index (χ1v) is 8.19. The van der Waals surface area contributed by atoms with Crippen LogP contribution in [0.3, 0.4) is 0 Å². The average molecular weight is 289 g/mol. The van der Waals surface area contributed by atoms with Gasteiger partial charge in [0.2, 0.25) is 0 Å². The Labute approximate surface area is 123 Å². The van der Waals surface area contributed by atoms with Gasteiger partial charge in [-0.05, 0) is 48.3 Å². The van der Waals surface area contributed by atoms with E-state index in [0.717, 1.165) is 24.8 Å². The van der Waals surface area contributed by atoms with Gasteiger partial charge in [0.15, 0.2) is 0 Å². The summed E-state index contributed by atoms with van der Waals surface area (Å²) in [5.41, 5.74) is 0.884. The van der Waals surface area contributed by atoms with Gasteiger partial charge in [-0.3, -0.25) is 0 Å². The van der Waals surface area contributed by atoms with E-state index in [-0.39, 0.29) is 5.82 Å². The summed E-state index contributed by atoms with van der Waals surface area (Å²) in [7, 11) is 0. The van der Waals surface area contributed by atoms with Crippen molar-refractivity contribution in [3.05, 3.63) is 58.0 Å². The van der Waals surface area contributed by atoms with Gasteiger partial charge in [-0.25, -0.2) is 4.39 Å². The molecule has 0 radical (unpaired) electrons. The van der Waals surface area contributed by atoms with Crippen molar-refractivity contribution in [2.45, 2.75) is 44.2 Å². The monoisotopic (exact) mass is 289 g/mol. The van der Waals surface area contributed by atoms with E-state index in [1.807, 2.05) is 23.5 Å². The molecule has 0 saturated heterocycles. The minimum absolute atomic E-state index is 0.0544. The van der Waals surface area contributed by atoms with Crippen LogP contribution in [-0.4, -0.2) is 6.04 Å². The lowest BCUT2D eigenvalue weighted by Gasteiger charge is -2.38. The molecule has 0 spiro atoms. The molecule has 3 heteroatoms. The Morgan fingerprint density at radius 1 is 1.25 bits per heavy atom. The van der Waals surface area contributed by atoms with Gasteiger partial charge in [-0.2, -0.15) is 0 Å². The predicted octanol–water partition coefficient (Wildman–Crippen LogP) is 4.87. The van der Waals surface area contributed by atoms with Crippen LogP contribution < -0.4 is 5.32 Å². The summed E-state index contributed by atoms with van der Waals surface area (Å²) in [5, 5.41) is 5.84. The highest BCUT2D eigenvalue weighted by Crippen LogP contribution is 2.39. The highest BCUT2D eigenvalue weighted by molar-refractivity contribution is 7.10. The first-order valence-electron chi connectivity index (χ1n) is 7.31. The van der Waals surface area contributed by atoms with Gasteiger partial charge >= 0.3 is 0 Å². The van der Waals surface area contributed by atoms with Crippen LogP contribution >= 0.6 is 11.3 Å². The Balaban J connectivity index is 1.57. The van der Waals surface area contributed by atoms with Crippen LogP contribution in [0.15, 0.2) is 41.8 Å². The van der Waals surface area contributed by atoms with E-state index >= 15 is 0 Å². The first kappa shape index (κ1) is 13.8. The van der Waals surface area contributed by atoms with Crippen molar-refractivity contribution in [1.82, 2.24) is 5.32 Å². The molecule has 1 atom stereocenters. The topological polar surface area (TPSA) is 12.0 Å². The molecule has 1 unspecified atom stereocenters. The number of hydrogen-bond donors (Lipinski definition) is 1. The van der Waals surface area contributed by atoms with E-state index in [0.29, 0.717) is 18.0 Å². The zero-order chi connectivity index (χ0) is 13.9. The smallest absolute Gasteiger partial charge is 0.126 e. The summed E-state index contributed by atoms with van der Waals surface area (Å²) in [6, 6.07) is 12.4. The van der Waals surface area contributed by atoms with Gasteiger partial charge in [0.05, 0.1) is 0 Å². The van der Waals surface area contributed by atoms with Gasteiger partial charge in [-0.1, -0.05) is 31.2 Å². The predicted molar refractivity (Wildman–Crippen MR) is 82.6 cm³/mol. The van der Waals surface area contributed by atoms with Crippen molar-refractivity contribution >= 4 is 11.3 Å². The first-order chi connectivity index (χ1) is 9.78. The fourth-order valence-corrected chi connectivity index (χ4v) is 3.86. The summed E-state index contributed by atoms with van der Waals surface area (Å²) in [6.07, 6.45) is 3.19. The maximum atomic E-state index is 13.7. The standard InChI is InChI=1S/C17H20FNS/c1-2-16(17-8-5-9-20-17)19-13-10-12(11-13)14-6-3-4-7-15(14)18/h3-9,12-13,16,19H,2,10-11H2,1H3. The van der Waals surface area contributed by atoms with Crippen molar-refractivity contribution in [1.29, 1.82) is 0 Å². The molecule has 1 saturated carbocycles.